The van der Waals surface area contributed by atoms with Gasteiger partial charge in [-0.2, -0.15) is 0 Å². The predicted molar refractivity (Wildman–Crippen MR) is 98.3 cm³/mol. The summed E-state index contributed by atoms with van der Waals surface area (Å²) in [5.41, 5.74) is 8.01. The zero-order valence-corrected chi connectivity index (χ0v) is 14.3. The van der Waals surface area contributed by atoms with Crippen LogP contribution in [0.25, 0.3) is 0 Å². The molecule has 0 saturated heterocycles. The number of carbonyl (C=O) groups excluding carboxylic acids is 1. The molecule has 2 rings (SSSR count). The number of nitrogen functional groups attached to an aromatic ring is 1. The first kappa shape index (κ1) is 17.8. The number of benzene rings is 2. The van der Waals surface area contributed by atoms with Crippen LogP contribution >= 0.6 is 0 Å². The van der Waals surface area contributed by atoms with Gasteiger partial charge in [-0.05, 0) is 50.3 Å². The summed E-state index contributed by atoms with van der Waals surface area (Å²) in [6, 6.07) is 14.8. The lowest BCUT2D eigenvalue weighted by molar-refractivity contribution is -0.115. The van der Waals surface area contributed by atoms with Crippen LogP contribution in [0, 0.1) is 0 Å². The van der Waals surface area contributed by atoms with Crippen molar-refractivity contribution in [3.8, 4) is 5.75 Å². The summed E-state index contributed by atoms with van der Waals surface area (Å²) in [5.74, 6) is 0.698. The number of hydrogen-bond acceptors (Lipinski definition) is 4. The summed E-state index contributed by atoms with van der Waals surface area (Å²) in [6.07, 6.45) is 1.27. The monoisotopic (exact) mass is 327 g/mol. The van der Waals surface area contributed by atoms with Crippen LogP contribution in [-0.2, 0) is 11.2 Å². The Hall–Kier alpha value is -2.53. The van der Waals surface area contributed by atoms with Crippen LogP contribution in [0.5, 0.6) is 5.75 Å². The van der Waals surface area contributed by atoms with Crippen LogP contribution in [0.2, 0.25) is 0 Å². The Morgan fingerprint density at radius 2 is 1.92 bits per heavy atom. The third-order valence-corrected chi connectivity index (χ3v) is 3.48. The van der Waals surface area contributed by atoms with Crippen molar-refractivity contribution >= 4 is 17.3 Å². The first-order valence-corrected chi connectivity index (χ1v) is 8.05. The molecule has 0 unspecified atom stereocenters. The minimum absolute atomic E-state index is 0.0653. The molecule has 0 saturated carbocycles. The van der Waals surface area contributed by atoms with E-state index in [0.717, 1.165) is 30.0 Å². The number of carbonyl (C=O) groups is 1. The highest BCUT2D eigenvalue weighted by atomic mass is 16.5. The molecule has 0 aliphatic carbocycles. The molecule has 0 spiro atoms. The molecule has 0 heterocycles. The van der Waals surface area contributed by atoms with E-state index < -0.39 is 0 Å². The van der Waals surface area contributed by atoms with Crippen LogP contribution in [-0.4, -0.2) is 38.1 Å². The summed E-state index contributed by atoms with van der Waals surface area (Å²) in [4.78, 5) is 14.2. The molecule has 0 aliphatic rings. The summed E-state index contributed by atoms with van der Waals surface area (Å²) < 4.78 is 5.72. The normalized spacial score (nSPS) is 10.6. The van der Waals surface area contributed by atoms with Crippen molar-refractivity contribution in [1.82, 2.24) is 4.90 Å². The molecule has 128 valence electrons. The zero-order chi connectivity index (χ0) is 17.4. The Balaban J connectivity index is 1.84. The van der Waals surface area contributed by atoms with Gasteiger partial charge in [0.2, 0.25) is 5.91 Å². The maximum absolute atomic E-state index is 12.1. The van der Waals surface area contributed by atoms with E-state index in [-0.39, 0.29) is 5.91 Å². The molecule has 2 aromatic rings. The molecule has 1 amide bonds. The molecule has 0 aromatic heterocycles. The van der Waals surface area contributed by atoms with Gasteiger partial charge in [0, 0.05) is 24.0 Å². The highest BCUT2D eigenvalue weighted by Crippen LogP contribution is 2.18. The van der Waals surface area contributed by atoms with Crippen molar-refractivity contribution in [2.45, 2.75) is 12.8 Å². The fourth-order valence-corrected chi connectivity index (χ4v) is 2.26. The zero-order valence-electron chi connectivity index (χ0n) is 14.3. The van der Waals surface area contributed by atoms with Gasteiger partial charge < -0.3 is 20.7 Å². The van der Waals surface area contributed by atoms with E-state index in [2.05, 4.69) is 10.2 Å². The SMILES string of the molecule is CN(C)CCCOc1cccc(NC(=O)Cc2ccc(N)cc2)c1. The minimum atomic E-state index is -0.0653. The van der Waals surface area contributed by atoms with Gasteiger partial charge in [0.25, 0.3) is 0 Å². The van der Waals surface area contributed by atoms with E-state index in [0.29, 0.717) is 18.7 Å². The van der Waals surface area contributed by atoms with Crippen LogP contribution in [0.3, 0.4) is 0 Å². The van der Waals surface area contributed by atoms with Crippen molar-refractivity contribution in [3.63, 3.8) is 0 Å². The maximum atomic E-state index is 12.1. The van der Waals surface area contributed by atoms with Crippen LogP contribution in [0.1, 0.15) is 12.0 Å². The van der Waals surface area contributed by atoms with Gasteiger partial charge in [0.05, 0.1) is 13.0 Å². The Morgan fingerprint density at radius 3 is 2.62 bits per heavy atom. The van der Waals surface area contributed by atoms with E-state index in [9.17, 15) is 4.79 Å². The van der Waals surface area contributed by atoms with Crippen LogP contribution in [0.15, 0.2) is 48.5 Å². The van der Waals surface area contributed by atoms with Crippen molar-refractivity contribution in [1.29, 1.82) is 0 Å². The number of amides is 1. The quantitative estimate of drug-likeness (QED) is 0.578. The first-order valence-electron chi connectivity index (χ1n) is 8.05. The van der Waals surface area contributed by atoms with Gasteiger partial charge in [0.15, 0.2) is 0 Å². The summed E-state index contributed by atoms with van der Waals surface area (Å²) in [5, 5.41) is 2.90. The molecule has 0 atom stereocenters. The van der Waals surface area contributed by atoms with Crippen molar-refractivity contribution in [3.05, 3.63) is 54.1 Å². The van der Waals surface area contributed by atoms with Gasteiger partial charge in [-0.1, -0.05) is 18.2 Å². The van der Waals surface area contributed by atoms with Gasteiger partial charge in [-0.15, -0.1) is 0 Å². The average molecular weight is 327 g/mol. The number of nitrogens with one attached hydrogen (secondary N) is 1. The number of nitrogens with zero attached hydrogens (tertiary/aromatic N) is 1. The van der Waals surface area contributed by atoms with Gasteiger partial charge in [-0.3, -0.25) is 4.79 Å². The van der Waals surface area contributed by atoms with Crippen molar-refractivity contribution in [2.24, 2.45) is 0 Å². The molecule has 0 bridgehead atoms. The van der Waals surface area contributed by atoms with Crippen molar-refractivity contribution in [2.75, 3.05) is 38.3 Å². The standard InChI is InChI=1S/C19H25N3O2/c1-22(2)11-4-12-24-18-6-3-5-17(14-18)21-19(23)13-15-7-9-16(20)10-8-15/h3,5-10,14H,4,11-13,20H2,1-2H3,(H,21,23). The topological polar surface area (TPSA) is 67.6 Å². The van der Waals surface area contributed by atoms with Gasteiger partial charge in [0.1, 0.15) is 5.75 Å². The fraction of sp³-hybridized carbons (Fsp3) is 0.316. The second-order valence-electron chi connectivity index (χ2n) is 6.00. The highest BCUT2D eigenvalue weighted by Gasteiger charge is 2.05. The molecule has 2 aromatic carbocycles. The minimum Gasteiger partial charge on any atom is -0.493 e. The molecule has 0 aliphatic heterocycles. The largest absolute Gasteiger partial charge is 0.493 e. The molecule has 5 heteroatoms. The van der Waals surface area contributed by atoms with E-state index in [1.807, 2.05) is 50.5 Å². The molecular weight excluding hydrogens is 302 g/mol. The van der Waals surface area contributed by atoms with Gasteiger partial charge >= 0.3 is 0 Å². The van der Waals surface area contributed by atoms with Crippen LogP contribution in [0.4, 0.5) is 11.4 Å². The number of rotatable bonds is 8. The van der Waals surface area contributed by atoms with Crippen LogP contribution < -0.4 is 15.8 Å². The average Bonchev–Trinajstić information content (AvgIpc) is 2.54. The maximum Gasteiger partial charge on any atom is 0.228 e. The molecule has 24 heavy (non-hydrogen) atoms. The number of ether oxygens (including phenoxy) is 1. The third kappa shape index (κ3) is 6.30. The van der Waals surface area contributed by atoms with E-state index in [1.54, 1.807) is 12.1 Å². The number of nitrogens with two attached hydrogens (primary N) is 1. The Morgan fingerprint density at radius 1 is 1.17 bits per heavy atom. The van der Waals surface area contributed by atoms with E-state index >= 15 is 0 Å². The predicted octanol–water partition coefficient (Wildman–Crippen LogP) is 2.78. The third-order valence-electron chi connectivity index (χ3n) is 3.48. The number of anilines is 2. The Labute approximate surface area is 143 Å². The van der Waals surface area contributed by atoms with Crippen molar-refractivity contribution < 1.29 is 9.53 Å². The first-order chi connectivity index (χ1) is 11.5. The molecule has 0 fully saturated rings. The fourth-order valence-electron chi connectivity index (χ4n) is 2.26. The smallest absolute Gasteiger partial charge is 0.228 e. The molecular formula is C19H25N3O2. The molecule has 3 N–H and O–H groups in total. The van der Waals surface area contributed by atoms with E-state index in [1.165, 1.54) is 0 Å². The number of hydrogen-bond donors (Lipinski definition) is 2. The lowest BCUT2D eigenvalue weighted by atomic mass is 10.1. The second kappa shape index (κ2) is 8.93. The van der Waals surface area contributed by atoms with E-state index in [4.69, 9.17) is 10.5 Å². The lowest BCUT2D eigenvalue weighted by Crippen LogP contribution is -2.16. The van der Waals surface area contributed by atoms with Gasteiger partial charge in [-0.25, -0.2) is 0 Å². The highest BCUT2D eigenvalue weighted by molar-refractivity contribution is 5.92. The Bertz CT molecular complexity index is 654. The lowest BCUT2D eigenvalue weighted by Gasteiger charge is -2.11. The second-order valence-corrected chi connectivity index (χ2v) is 6.00. The summed E-state index contributed by atoms with van der Waals surface area (Å²) in [7, 11) is 4.08. The summed E-state index contributed by atoms with van der Waals surface area (Å²) in [6.45, 7) is 1.64. The Kier molecular flexibility index (Phi) is 6.63. The molecule has 0 radical (unpaired) electrons. The molecule has 5 nitrogen and oxygen atoms in total. The summed E-state index contributed by atoms with van der Waals surface area (Å²) >= 11 is 0.